The summed E-state index contributed by atoms with van der Waals surface area (Å²) in [5, 5.41) is 7.76. The van der Waals surface area contributed by atoms with Gasteiger partial charge >= 0.3 is 11.9 Å². The molecule has 6 aromatic carbocycles. The Hall–Kier alpha value is -4.70. The zero-order chi connectivity index (χ0) is 37.1. The molecule has 0 aromatic heterocycles. The van der Waals surface area contributed by atoms with Crippen molar-refractivity contribution in [3.63, 3.8) is 0 Å². The molecule has 52 heavy (non-hydrogen) atoms. The lowest BCUT2D eigenvalue weighted by atomic mass is 9.84. The van der Waals surface area contributed by atoms with Gasteiger partial charge in [0, 0.05) is 21.5 Å². The molecule has 2 atom stereocenters. The highest BCUT2D eigenvalue weighted by Crippen LogP contribution is 2.51. The lowest BCUT2D eigenvalue weighted by Gasteiger charge is -2.23. The second-order valence-electron chi connectivity index (χ2n) is 14.9. The van der Waals surface area contributed by atoms with Crippen molar-refractivity contribution in [1.82, 2.24) is 0 Å². The molecule has 0 amide bonds. The summed E-state index contributed by atoms with van der Waals surface area (Å²) < 4.78 is 13.0. The maximum absolute atomic E-state index is 13.9. The number of rotatable bonds is 13. The first-order valence-corrected chi connectivity index (χ1v) is 19.5. The number of carbonyl (C=O) groups excluding carboxylic acids is 2. The molecular weight excluding hydrogens is 641 g/mol. The number of carbonyl (C=O) groups is 2. The van der Waals surface area contributed by atoms with Crippen LogP contribution < -0.4 is 9.47 Å². The SMILES string of the molecule is CCCCC(CC)C(=O)Oc1c2cc(C)ccc2c(-c2c3ccc(C)cc3c(OC(=O)C(CC)CCCC)c3ccc(C)cc23)c2cc(C)ccc12. The molecule has 270 valence electrons. The number of ether oxygens (including phenoxy) is 2. The highest BCUT2D eigenvalue weighted by Gasteiger charge is 2.27. The van der Waals surface area contributed by atoms with Gasteiger partial charge in [-0.15, -0.1) is 0 Å². The Morgan fingerprint density at radius 2 is 0.788 bits per heavy atom. The topological polar surface area (TPSA) is 52.6 Å². The van der Waals surface area contributed by atoms with E-state index in [9.17, 15) is 9.59 Å². The van der Waals surface area contributed by atoms with E-state index in [-0.39, 0.29) is 23.8 Å². The predicted octanol–water partition coefficient (Wildman–Crippen LogP) is 13.4. The quantitative estimate of drug-likeness (QED) is 0.0686. The molecule has 0 heterocycles. The first-order valence-electron chi connectivity index (χ1n) is 19.5. The molecule has 6 aromatic rings. The molecule has 0 bridgehead atoms. The molecule has 0 N–H and O–H groups in total. The van der Waals surface area contributed by atoms with E-state index in [0.29, 0.717) is 11.5 Å². The van der Waals surface area contributed by atoms with Crippen LogP contribution in [0.5, 0.6) is 11.5 Å². The third-order valence-corrected chi connectivity index (χ3v) is 10.9. The number of aryl methyl sites for hydroxylation is 4. The van der Waals surface area contributed by atoms with E-state index in [4.69, 9.17) is 9.47 Å². The average Bonchev–Trinajstić information content (AvgIpc) is 3.12. The highest BCUT2D eigenvalue weighted by molar-refractivity contribution is 6.27. The molecule has 0 aliphatic carbocycles. The van der Waals surface area contributed by atoms with Gasteiger partial charge in [0.1, 0.15) is 11.5 Å². The van der Waals surface area contributed by atoms with Gasteiger partial charge in [-0.25, -0.2) is 0 Å². The van der Waals surface area contributed by atoms with Crippen molar-refractivity contribution in [2.75, 3.05) is 0 Å². The van der Waals surface area contributed by atoms with Gasteiger partial charge in [0.15, 0.2) is 0 Å². The molecule has 0 aliphatic rings. The summed E-state index contributed by atoms with van der Waals surface area (Å²) >= 11 is 0. The van der Waals surface area contributed by atoms with E-state index in [1.807, 2.05) is 0 Å². The minimum Gasteiger partial charge on any atom is -0.425 e. The van der Waals surface area contributed by atoms with E-state index in [1.54, 1.807) is 0 Å². The van der Waals surface area contributed by atoms with Gasteiger partial charge in [-0.3, -0.25) is 9.59 Å². The fourth-order valence-electron chi connectivity index (χ4n) is 7.84. The number of benzene rings is 6. The van der Waals surface area contributed by atoms with E-state index in [1.165, 1.54) is 0 Å². The molecule has 0 spiro atoms. The van der Waals surface area contributed by atoms with E-state index < -0.39 is 0 Å². The fraction of sp³-hybridized carbons (Fsp3) is 0.375. The second-order valence-corrected chi connectivity index (χ2v) is 14.9. The minimum atomic E-state index is -0.161. The molecular formula is C48H54O4. The fourth-order valence-corrected chi connectivity index (χ4v) is 7.84. The Morgan fingerprint density at radius 1 is 0.462 bits per heavy atom. The summed E-state index contributed by atoms with van der Waals surface area (Å²) in [6.45, 7) is 16.9. The van der Waals surface area contributed by atoms with Gasteiger partial charge in [-0.1, -0.05) is 136 Å². The van der Waals surface area contributed by atoms with Crippen LogP contribution >= 0.6 is 0 Å². The molecule has 0 fully saturated rings. The first-order chi connectivity index (χ1) is 25.1. The summed E-state index contributed by atoms with van der Waals surface area (Å²) in [7, 11) is 0. The highest BCUT2D eigenvalue weighted by atomic mass is 16.5. The van der Waals surface area contributed by atoms with Gasteiger partial charge in [0.2, 0.25) is 0 Å². The summed E-state index contributed by atoms with van der Waals surface area (Å²) in [6.07, 6.45) is 7.21. The molecule has 6 rings (SSSR count). The maximum Gasteiger partial charge on any atom is 0.314 e. The van der Waals surface area contributed by atoms with Crippen molar-refractivity contribution in [2.24, 2.45) is 11.8 Å². The number of hydrogen-bond donors (Lipinski definition) is 0. The van der Waals surface area contributed by atoms with Crippen LogP contribution in [0.15, 0.2) is 72.8 Å². The Bertz CT molecular complexity index is 2130. The van der Waals surface area contributed by atoms with Crippen LogP contribution in [0.25, 0.3) is 54.2 Å². The van der Waals surface area contributed by atoms with Crippen LogP contribution in [-0.4, -0.2) is 11.9 Å². The largest absolute Gasteiger partial charge is 0.425 e. The minimum absolute atomic E-state index is 0.149. The van der Waals surface area contributed by atoms with Crippen molar-refractivity contribution >= 4 is 55.0 Å². The zero-order valence-electron chi connectivity index (χ0n) is 32.4. The van der Waals surface area contributed by atoms with E-state index in [0.717, 1.165) is 128 Å². The summed E-state index contributed by atoms with van der Waals surface area (Å²) in [5.41, 5.74) is 6.60. The van der Waals surface area contributed by atoms with E-state index in [2.05, 4.69) is 128 Å². The second kappa shape index (κ2) is 15.9. The van der Waals surface area contributed by atoms with Crippen LogP contribution in [0.2, 0.25) is 0 Å². The first kappa shape index (κ1) is 37.1. The van der Waals surface area contributed by atoms with Gasteiger partial charge in [0.05, 0.1) is 11.8 Å². The molecule has 0 saturated carbocycles. The van der Waals surface area contributed by atoms with Crippen LogP contribution in [-0.2, 0) is 9.59 Å². The zero-order valence-corrected chi connectivity index (χ0v) is 32.4. The van der Waals surface area contributed by atoms with E-state index >= 15 is 0 Å². The standard InChI is InChI=1S/C48H54O4/c1-9-13-15-33(11-3)47(49)51-45-37-23-19-29(5)25-39(37)43(35-21-17-31(7)27-41(35)45)44-36-22-18-32(8)28-42(36)46(38-24-20-30(6)26-40(38)44)52-48(50)34(12-4)16-14-10-2/h17-28,33-34H,9-16H2,1-8H3. The number of esters is 2. The van der Waals surface area contributed by atoms with Crippen molar-refractivity contribution in [3.8, 4) is 22.6 Å². The van der Waals surface area contributed by atoms with Gasteiger partial charge in [-0.2, -0.15) is 0 Å². The molecule has 2 unspecified atom stereocenters. The lowest BCUT2D eigenvalue weighted by Crippen LogP contribution is -2.20. The number of fused-ring (bicyclic) bond motifs is 4. The molecule has 4 heteroatoms. The molecule has 0 aliphatic heterocycles. The maximum atomic E-state index is 13.9. The Balaban J connectivity index is 1.71. The summed E-state index contributed by atoms with van der Waals surface area (Å²) in [4.78, 5) is 27.7. The van der Waals surface area contributed by atoms with Crippen LogP contribution in [0.4, 0.5) is 0 Å². The van der Waals surface area contributed by atoms with Crippen LogP contribution in [0.3, 0.4) is 0 Å². The molecule has 0 radical (unpaired) electrons. The van der Waals surface area contributed by atoms with Crippen molar-refractivity contribution in [2.45, 2.75) is 107 Å². The normalized spacial score (nSPS) is 12.8. The smallest absolute Gasteiger partial charge is 0.314 e. The van der Waals surface area contributed by atoms with Crippen molar-refractivity contribution in [1.29, 1.82) is 0 Å². The predicted molar refractivity (Wildman–Crippen MR) is 219 cm³/mol. The average molecular weight is 695 g/mol. The van der Waals surface area contributed by atoms with Gasteiger partial charge in [-0.05, 0) is 98.2 Å². The summed E-state index contributed by atoms with van der Waals surface area (Å²) in [6, 6.07) is 25.9. The molecule has 4 nitrogen and oxygen atoms in total. The third kappa shape index (κ3) is 7.18. The third-order valence-electron chi connectivity index (χ3n) is 10.9. The van der Waals surface area contributed by atoms with Crippen LogP contribution in [0, 0.1) is 39.5 Å². The Kier molecular flexibility index (Phi) is 11.3. The molecule has 0 saturated heterocycles. The van der Waals surface area contributed by atoms with Crippen LogP contribution in [0.1, 0.15) is 101 Å². The Labute approximate surface area is 309 Å². The van der Waals surface area contributed by atoms with Gasteiger partial charge < -0.3 is 9.47 Å². The number of unbranched alkanes of at least 4 members (excludes halogenated alkanes) is 2. The summed E-state index contributed by atoms with van der Waals surface area (Å²) in [5.74, 6) is 0.631. The lowest BCUT2D eigenvalue weighted by molar-refractivity contribution is -0.140. The number of hydrogen-bond acceptors (Lipinski definition) is 4. The van der Waals surface area contributed by atoms with Crippen molar-refractivity contribution in [3.05, 3.63) is 95.1 Å². The van der Waals surface area contributed by atoms with Gasteiger partial charge in [0.25, 0.3) is 0 Å². The monoisotopic (exact) mass is 694 g/mol. The Morgan fingerprint density at radius 3 is 1.12 bits per heavy atom. The van der Waals surface area contributed by atoms with Crippen molar-refractivity contribution < 1.29 is 19.1 Å².